The molecule has 1 aliphatic heterocycles. The Balaban J connectivity index is 2.26. The summed E-state index contributed by atoms with van der Waals surface area (Å²) in [7, 11) is 0. The van der Waals surface area contributed by atoms with E-state index in [0.29, 0.717) is 11.4 Å². The first-order valence-corrected chi connectivity index (χ1v) is 4.96. The molecule has 0 saturated carbocycles. The largest absolute Gasteiger partial charge is 0.425 e. The maximum atomic E-state index is 12.3. The fraction of sp³-hybridized carbons (Fsp3) is 0.333. The van der Waals surface area contributed by atoms with E-state index in [-0.39, 0.29) is 0 Å². The molecule has 0 aromatic carbocycles. The first-order valence-electron chi connectivity index (χ1n) is 4.14. The van der Waals surface area contributed by atoms with Crippen molar-refractivity contribution in [2.24, 2.45) is 0 Å². The Morgan fingerprint density at radius 3 is 2.57 bits per heavy atom. The van der Waals surface area contributed by atoms with Crippen molar-refractivity contribution in [3.63, 3.8) is 0 Å². The zero-order valence-corrected chi connectivity index (χ0v) is 8.00. The molecule has 2 heterocycles. The highest BCUT2D eigenvalue weighted by atomic mass is 32.1. The van der Waals surface area contributed by atoms with Crippen LogP contribution in [-0.2, 0) is 6.18 Å². The second-order valence-electron chi connectivity index (χ2n) is 3.02. The lowest BCUT2D eigenvalue weighted by Crippen LogP contribution is -2.07. The van der Waals surface area contributed by atoms with Gasteiger partial charge in [-0.2, -0.15) is 13.2 Å². The van der Waals surface area contributed by atoms with Gasteiger partial charge in [-0.3, -0.25) is 0 Å². The van der Waals surface area contributed by atoms with Crippen LogP contribution in [0.15, 0.2) is 18.2 Å². The van der Waals surface area contributed by atoms with Crippen LogP contribution in [0.3, 0.4) is 0 Å². The first-order chi connectivity index (χ1) is 6.57. The van der Waals surface area contributed by atoms with Crippen LogP contribution in [0, 0.1) is 0 Å². The van der Waals surface area contributed by atoms with Crippen molar-refractivity contribution < 1.29 is 13.2 Å². The predicted octanol–water partition coefficient (Wildman–Crippen LogP) is 2.75. The average Bonchev–Trinajstić information content (AvgIpc) is 2.73. The highest BCUT2D eigenvalue weighted by Crippen LogP contribution is 2.36. The Morgan fingerprint density at radius 1 is 1.29 bits per heavy atom. The van der Waals surface area contributed by atoms with E-state index in [1.54, 1.807) is 0 Å². The number of hydrogen-bond acceptors (Lipinski definition) is 2. The van der Waals surface area contributed by atoms with Gasteiger partial charge in [-0.1, -0.05) is 6.08 Å². The summed E-state index contributed by atoms with van der Waals surface area (Å²) in [4.78, 5) is 0.183. The molecule has 0 atom stereocenters. The van der Waals surface area contributed by atoms with Gasteiger partial charge < -0.3 is 5.32 Å². The van der Waals surface area contributed by atoms with Crippen LogP contribution in [0.1, 0.15) is 9.75 Å². The number of thiophene rings is 1. The summed E-state index contributed by atoms with van der Waals surface area (Å²) in [6, 6.07) is 2.67. The molecule has 5 heteroatoms. The molecule has 1 aliphatic rings. The van der Waals surface area contributed by atoms with Gasteiger partial charge in [0.05, 0.1) is 0 Å². The fourth-order valence-electron chi connectivity index (χ4n) is 1.32. The lowest BCUT2D eigenvalue weighted by molar-refractivity contribution is -0.134. The third-order valence-electron chi connectivity index (χ3n) is 2.01. The molecular formula is C9H8F3NS. The van der Waals surface area contributed by atoms with Crippen LogP contribution < -0.4 is 5.32 Å². The number of rotatable bonds is 1. The lowest BCUT2D eigenvalue weighted by Gasteiger charge is -2.01. The number of alkyl halides is 3. The van der Waals surface area contributed by atoms with Gasteiger partial charge >= 0.3 is 6.18 Å². The minimum atomic E-state index is -4.21. The van der Waals surface area contributed by atoms with Gasteiger partial charge in [-0.05, 0) is 17.7 Å². The van der Waals surface area contributed by atoms with Gasteiger partial charge in [0.25, 0.3) is 0 Å². The molecule has 0 amide bonds. The Hall–Kier alpha value is -0.810. The van der Waals surface area contributed by atoms with Crippen molar-refractivity contribution >= 4 is 16.9 Å². The Bertz CT molecular complexity index is 364. The molecule has 14 heavy (non-hydrogen) atoms. The SMILES string of the molecule is FC(F)(F)c1ccc(C2=CCNC2)s1. The van der Waals surface area contributed by atoms with Crippen molar-refractivity contribution in [2.75, 3.05) is 13.1 Å². The van der Waals surface area contributed by atoms with Gasteiger partial charge in [0.15, 0.2) is 0 Å². The zero-order chi connectivity index (χ0) is 10.2. The quantitative estimate of drug-likeness (QED) is 0.765. The van der Waals surface area contributed by atoms with Crippen molar-refractivity contribution in [2.45, 2.75) is 6.18 Å². The Kier molecular flexibility index (Phi) is 2.36. The molecule has 1 aromatic rings. The van der Waals surface area contributed by atoms with E-state index in [1.807, 2.05) is 6.08 Å². The number of hydrogen-bond donors (Lipinski definition) is 1. The summed E-state index contributed by atoms with van der Waals surface area (Å²) in [5, 5.41) is 3.05. The molecule has 0 spiro atoms. The molecule has 1 aromatic heterocycles. The Labute approximate surface area is 83.2 Å². The molecule has 0 radical (unpaired) electrons. The van der Waals surface area contributed by atoms with Gasteiger partial charge in [0.1, 0.15) is 4.88 Å². The normalized spacial score (nSPS) is 17.2. The highest BCUT2D eigenvalue weighted by Gasteiger charge is 2.32. The van der Waals surface area contributed by atoms with Gasteiger partial charge in [-0.15, -0.1) is 11.3 Å². The van der Waals surface area contributed by atoms with E-state index >= 15 is 0 Å². The van der Waals surface area contributed by atoms with Crippen LogP contribution >= 0.6 is 11.3 Å². The van der Waals surface area contributed by atoms with Crippen LogP contribution in [0.2, 0.25) is 0 Å². The van der Waals surface area contributed by atoms with Crippen molar-refractivity contribution in [3.8, 4) is 0 Å². The predicted molar refractivity (Wildman–Crippen MR) is 50.2 cm³/mol. The fourth-order valence-corrected chi connectivity index (χ4v) is 2.24. The highest BCUT2D eigenvalue weighted by molar-refractivity contribution is 7.13. The van der Waals surface area contributed by atoms with Crippen LogP contribution in [-0.4, -0.2) is 13.1 Å². The molecule has 0 aliphatic carbocycles. The lowest BCUT2D eigenvalue weighted by atomic mass is 10.2. The van der Waals surface area contributed by atoms with E-state index in [9.17, 15) is 13.2 Å². The summed E-state index contributed by atoms with van der Waals surface area (Å²) in [6.07, 6.45) is -2.29. The zero-order valence-electron chi connectivity index (χ0n) is 7.19. The molecule has 0 bridgehead atoms. The van der Waals surface area contributed by atoms with Crippen LogP contribution in [0.4, 0.5) is 13.2 Å². The van der Waals surface area contributed by atoms with E-state index in [1.165, 1.54) is 6.07 Å². The number of nitrogens with one attached hydrogen (secondary N) is 1. The molecule has 0 unspecified atom stereocenters. The minimum absolute atomic E-state index is 0.528. The molecule has 0 fully saturated rings. The summed E-state index contributed by atoms with van der Waals surface area (Å²) in [5.74, 6) is 0. The van der Waals surface area contributed by atoms with Crippen molar-refractivity contribution in [1.29, 1.82) is 0 Å². The standard InChI is InChI=1S/C9H8F3NS/c10-9(11,12)8-2-1-7(14-8)6-3-4-13-5-6/h1-3,13H,4-5H2. The third kappa shape index (κ3) is 1.83. The monoisotopic (exact) mass is 219 g/mol. The summed E-state index contributed by atoms with van der Waals surface area (Å²) in [6.45, 7) is 1.41. The van der Waals surface area contributed by atoms with Crippen LogP contribution in [0.25, 0.3) is 5.57 Å². The molecular weight excluding hydrogens is 211 g/mol. The summed E-state index contributed by atoms with van der Waals surface area (Å²) < 4.78 is 36.8. The second-order valence-corrected chi connectivity index (χ2v) is 4.11. The van der Waals surface area contributed by atoms with Gasteiger partial charge in [-0.25, -0.2) is 0 Å². The van der Waals surface area contributed by atoms with Crippen molar-refractivity contribution in [1.82, 2.24) is 5.32 Å². The van der Waals surface area contributed by atoms with E-state index in [0.717, 1.165) is 29.5 Å². The summed E-state index contributed by atoms with van der Waals surface area (Å²) in [5.41, 5.74) is 0.963. The smallest absolute Gasteiger partial charge is 0.309 e. The molecule has 1 N–H and O–H groups in total. The van der Waals surface area contributed by atoms with Crippen molar-refractivity contribution in [3.05, 3.63) is 28.0 Å². The maximum absolute atomic E-state index is 12.3. The van der Waals surface area contributed by atoms with E-state index < -0.39 is 11.1 Å². The minimum Gasteiger partial charge on any atom is -0.309 e. The summed E-state index contributed by atoms with van der Waals surface area (Å²) >= 11 is 0.804. The van der Waals surface area contributed by atoms with Gasteiger partial charge in [0, 0.05) is 18.0 Å². The molecule has 0 saturated heterocycles. The average molecular weight is 219 g/mol. The maximum Gasteiger partial charge on any atom is 0.425 e. The van der Waals surface area contributed by atoms with Gasteiger partial charge in [0.2, 0.25) is 0 Å². The second kappa shape index (κ2) is 3.40. The molecule has 76 valence electrons. The Morgan fingerprint density at radius 2 is 2.07 bits per heavy atom. The number of halogens is 3. The molecule has 1 nitrogen and oxygen atoms in total. The van der Waals surface area contributed by atoms with Crippen LogP contribution in [0.5, 0.6) is 0 Å². The topological polar surface area (TPSA) is 12.0 Å². The van der Waals surface area contributed by atoms with E-state index in [2.05, 4.69) is 5.32 Å². The molecule has 2 rings (SSSR count). The third-order valence-corrected chi connectivity index (χ3v) is 3.22. The first kappa shape index (κ1) is 9.73. The van der Waals surface area contributed by atoms with E-state index in [4.69, 9.17) is 0 Å².